The number of carbonyl (C=O) groups excluding carboxylic acids is 1. The van der Waals surface area contributed by atoms with Crippen LogP contribution in [-0.2, 0) is 23.9 Å². The molecule has 0 radical (unpaired) electrons. The van der Waals surface area contributed by atoms with Gasteiger partial charge in [-0.1, -0.05) is 32.4 Å². The highest BCUT2D eigenvalue weighted by Gasteiger charge is 2.34. The first-order valence-corrected chi connectivity index (χ1v) is 10.8. The molecule has 0 bridgehead atoms. The number of amides is 1. The SMILES string of the molecule is CCC.Cc1ccc(C)n1C1C=CC(C(=O)N2CCc3ncc(C(F)(F)F)cc3C2)C1. The van der Waals surface area contributed by atoms with Crippen molar-refractivity contribution >= 4 is 5.91 Å². The Kier molecular flexibility index (Phi) is 6.92. The van der Waals surface area contributed by atoms with Gasteiger partial charge in [-0.2, -0.15) is 13.2 Å². The maximum atomic E-state index is 13.0. The summed E-state index contributed by atoms with van der Waals surface area (Å²) < 4.78 is 41.1. The van der Waals surface area contributed by atoms with Gasteiger partial charge >= 0.3 is 6.18 Å². The molecule has 7 heteroatoms. The molecule has 0 N–H and O–H groups in total. The zero-order valence-electron chi connectivity index (χ0n) is 18.5. The molecule has 2 aromatic heterocycles. The van der Waals surface area contributed by atoms with Crippen molar-refractivity contribution in [2.75, 3.05) is 6.54 Å². The fraction of sp³-hybridized carbons (Fsp3) is 0.500. The van der Waals surface area contributed by atoms with Crippen molar-refractivity contribution in [3.8, 4) is 0 Å². The monoisotopic (exact) mass is 433 g/mol. The lowest BCUT2D eigenvalue weighted by Gasteiger charge is -2.30. The highest BCUT2D eigenvalue weighted by atomic mass is 19.4. The minimum Gasteiger partial charge on any atom is -0.342 e. The number of rotatable bonds is 2. The number of nitrogens with zero attached hydrogens (tertiary/aromatic N) is 3. The number of carbonyl (C=O) groups is 1. The van der Waals surface area contributed by atoms with E-state index in [4.69, 9.17) is 0 Å². The summed E-state index contributed by atoms with van der Waals surface area (Å²) in [7, 11) is 0. The number of allylic oxidation sites excluding steroid dienone is 1. The van der Waals surface area contributed by atoms with E-state index in [0.29, 0.717) is 30.6 Å². The molecule has 168 valence electrons. The number of aryl methyl sites for hydroxylation is 2. The summed E-state index contributed by atoms with van der Waals surface area (Å²) in [5, 5.41) is 0. The molecule has 2 aromatic rings. The van der Waals surface area contributed by atoms with Crippen LogP contribution < -0.4 is 0 Å². The van der Waals surface area contributed by atoms with E-state index in [1.807, 2.05) is 19.9 Å². The number of halogens is 3. The first kappa shape index (κ1) is 23.1. The molecule has 0 saturated heterocycles. The molecule has 1 aliphatic carbocycles. The van der Waals surface area contributed by atoms with E-state index >= 15 is 0 Å². The van der Waals surface area contributed by atoms with Gasteiger partial charge in [0.15, 0.2) is 0 Å². The van der Waals surface area contributed by atoms with Crippen molar-refractivity contribution in [1.82, 2.24) is 14.5 Å². The number of alkyl halides is 3. The van der Waals surface area contributed by atoms with Crippen LogP contribution in [0.4, 0.5) is 13.2 Å². The Morgan fingerprint density at radius 3 is 2.42 bits per heavy atom. The van der Waals surface area contributed by atoms with Crippen LogP contribution in [0.25, 0.3) is 0 Å². The molecule has 2 unspecified atom stereocenters. The van der Waals surface area contributed by atoms with Gasteiger partial charge in [0.25, 0.3) is 0 Å². The highest BCUT2D eigenvalue weighted by molar-refractivity contribution is 5.81. The molecule has 0 aromatic carbocycles. The molecule has 2 aliphatic rings. The maximum absolute atomic E-state index is 13.0. The van der Waals surface area contributed by atoms with Gasteiger partial charge in [-0.15, -0.1) is 0 Å². The van der Waals surface area contributed by atoms with Crippen molar-refractivity contribution < 1.29 is 18.0 Å². The topological polar surface area (TPSA) is 38.1 Å². The smallest absolute Gasteiger partial charge is 0.342 e. The lowest BCUT2D eigenvalue weighted by molar-refractivity contribution is -0.137. The quantitative estimate of drug-likeness (QED) is 0.575. The van der Waals surface area contributed by atoms with Crippen LogP contribution >= 0.6 is 0 Å². The fourth-order valence-electron chi connectivity index (χ4n) is 4.26. The Morgan fingerprint density at radius 1 is 1.16 bits per heavy atom. The summed E-state index contributed by atoms with van der Waals surface area (Å²) in [6, 6.07) is 5.39. The zero-order chi connectivity index (χ0) is 22.8. The fourth-order valence-corrected chi connectivity index (χ4v) is 4.26. The zero-order valence-corrected chi connectivity index (χ0v) is 18.5. The van der Waals surface area contributed by atoms with Gasteiger partial charge in [0.05, 0.1) is 17.5 Å². The molecular weight excluding hydrogens is 403 g/mol. The van der Waals surface area contributed by atoms with E-state index in [-0.39, 0.29) is 24.4 Å². The molecule has 3 heterocycles. The summed E-state index contributed by atoms with van der Waals surface area (Å²) in [5.74, 6) is -0.268. The molecule has 4 nitrogen and oxygen atoms in total. The third kappa shape index (κ3) is 5.02. The first-order chi connectivity index (χ1) is 14.7. The van der Waals surface area contributed by atoms with Crippen molar-refractivity contribution in [2.45, 2.75) is 65.7 Å². The lowest BCUT2D eigenvalue weighted by atomic mass is 10.00. The van der Waals surface area contributed by atoms with Gasteiger partial charge in [0, 0.05) is 42.8 Å². The molecular formula is C24H30F3N3O. The van der Waals surface area contributed by atoms with Crippen LogP contribution in [-0.4, -0.2) is 26.9 Å². The summed E-state index contributed by atoms with van der Waals surface area (Å²) in [4.78, 5) is 18.6. The summed E-state index contributed by atoms with van der Waals surface area (Å²) in [5.41, 5.74) is 2.68. The van der Waals surface area contributed by atoms with E-state index in [1.54, 1.807) is 4.90 Å². The number of hydrogen-bond acceptors (Lipinski definition) is 2. The van der Waals surface area contributed by atoms with Crippen LogP contribution in [0.1, 0.15) is 60.9 Å². The van der Waals surface area contributed by atoms with Crippen molar-refractivity contribution in [3.05, 3.63) is 64.8 Å². The maximum Gasteiger partial charge on any atom is 0.417 e. The first-order valence-electron chi connectivity index (χ1n) is 10.8. The van der Waals surface area contributed by atoms with E-state index < -0.39 is 11.7 Å². The number of pyridine rings is 1. The Labute approximate surface area is 181 Å². The lowest BCUT2D eigenvalue weighted by Crippen LogP contribution is -2.39. The standard InChI is InChI=1S/C21H22F3N3O.C3H8/c1-13-3-4-14(2)27(13)18-6-5-15(10-18)20(28)26-8-7-19-16(12-26)9-17(11-25-19)21(22,23)24;1-3-2/h3-6,9,11,15,18H,7-8,10,12H2,1-2H3;3H2,1-2H3. The van der Waals surface area contributed by atoms with Gasteiger partial charge < -0.3 is 9.47 Å². The third-order valence-corrected chi connectivity index (χ3v) is 5.71. The molecule has 0 saturated carbocycles. The Hall–Kier alpha value is -2.57. The van der Waals surface area contributed by atoms with Crippen LogP contribution in [0.15, 0.2) is 36.5 Å². The van der Waals surface area contributed by atoms with Crippen LogP contribution in [0.2, 0.25) is 0 Å². The summed E-state index contributed by atoms with van der Waals surface area (Å²) in [6.45, 7) is 9.01. The average Bonchev–Trinajstić information content (AvgIpc) is 3.32. The molecule has 0 fully saturated rings. The average molecular weight is 434 g/mol. The van der Waals surface area contributed by atoms with Crippen LogP contribution in [0.5, 0.6) is 0 Å². The second kappa shape index (κ2) is 9.28. The number of hydrogen-bond donors (Lipinski definition) is 0. The predicted octanol–water partition coefficient (Wildman–Crippen LogP) is 5.64. The van der Waals surface area contributed by atoms with Crippen molar-refractivity contribution in [3.63, 3.8) is 0 Å². The van der Waals surface area contributed by atoms with Crippen molar-refractivity contribution in [2.24, 2.45) is 5.92 Å². The van der Waals surface area contributed by atoms with Crippen LogP contribution in [0, 0.1) is 19.8 Å². The van der Waals surface area contributed by atoms with Gasteiger partial charge in [-0.25, -0.2) is 0 Å². The Balaban J connectivity index is 0.000000858. The minimum absolute atomic E-state index is 0.0238. The number of fused-ring (bicyclic) bond motifs is 1. The number of aromatic nitrogens is 2. The van der Waals surface area contributed by atoms with Gasteiger partial charge in [-0.3, -0.25) is 9.78 Å². The minimum atomic E-state index is -4.43. The van der Waals surface area contributed by atoms with Crippen LogP contribution in [0.3, 0.4) is 0 Å². The molecule has 0 spiro atoms. The normalized spacial score (nSPS) is 20.3. The highest BCUT2D eigenvalue weighted by Crippen LogP contribution is 2.34. The van der Waals surface area contributed by atoms with Gasteiger partial charge in [0.1, 0.15) is 0 Å². The molecule has 2 atom stereocenters. The summed E-state index contributed by atoms with van der Waals surface area (Å²) in [6.07, 6.45) is 2.86. The Bertz CT molecular complexity index is 942. The molecule has 4 rings (SSSR count). The van der Waals surface area contributed by atoms with E-state index in [1.165, 1.54) is 6.42 Å². The molecule has 1 aliphatic heterocycles. The summed E-state index contributed by atoms with van der Waals surface area (Å²) >= 11 is 0. The van der Waals surface area contributed by atoms with Gasteiger partial charge in [0.2, 0.25) is 5.91 Å². The predicted molar refractivity (Wildman–Crippen MR) is 115 cm³/mol. The second-order valence-electron chi connectivity index (χ2n) is 8.33. The van der Waals surface area contributed by atoms with E-state index in [0.717, 1.165) is 23.7 Å². The molecule has 1 amide bonds. The largest absolute Gasteiger partial charge is 0.417 e. The third-order valence-electron chi connectivity index (χ3n) is 5.71. The van der Waals surface area contributed by atoms with E-state index in [9.17, 15) is 18.0 Å². The van der Waals surface area contributed by atoms with Crippen molar-refractivity contribution in [1.29, 1.82) is 0 Å². The van der Waals surface area contributed by atoms with E-state index in [2.05, 4.69) is 41.6 Å². The Morgan fingerprint density at radius 2 is 1.81 bits per heavy atom. The second-order valence-corrected chi connectivity index (χ2v) is 8.33. The molecule has 31 heavy (non-hydrogen) atoms. The van der Waals surface area contributed by atoms with Gasteiger partial charge in [-0.05, 0) is 44.0 Å².